The summed E-state index contributed by atoms with van der Waals surface area (Å²) >= 11 is 1.81. The fraction of sp³-hybridized carbons (Fsp3) is 0.545. The minimum absolute atomic E-state index is 0.201. The Morgan fingerprint density at radius 3 is 2.63 bits per heavy atom. The molecule has 2 aromatic rings. The molecule has 0 spiro atoms. The van der Waals surface area contributed by atoms with Crippen LogP contribution in [0.1, 0.15) is 64.6 Å². The van der Waals surface area contributed by atoms with Crippen LogP contribution < -0.4 is 5.32 Å². The topological polar surface area (TPSA) is 79.4 Å². The summed E-state index contributed by atoms with van der Waals surface area (Å²) in [6, 6.07) is 4.87. The van der Waals surface area contributed by atoms with E-state index in [0.717, 1.165) is 30.7 Å². The van der Waals surface area contributed by atoms with Gasteiger partial charge in [-0.05, 0) is 56.7 Å². The summed E-state index contributed by atoms with van der Waals surface area (Å²) in [6.45, 7) is 6.71. The Bertz CT molecular complexity index is 972. The van der Waals surface area contributed by atoms with Gasteiger partial charge in [0.2, 0.25) is 10.0 Å². The number of hydrogen-bond acceptors (Lipinski definition) is 5. The fourth-order valence-electron chi connectivity index (χ4n) is 3.78. The highest BCUT2D eigenvalue weighted by Gasteiger charge is 2.24. The molecular formula is C22H31N3O3S2. The Morgan fingerprint density at radius 1 is 1.20 bits per heavy atom. The Morgan fingerprint density at radius 2 is 1.93 bits per heavy atom. The molecule has 1 heterocycles. The number of sulfonamides is 1. The number of nitrogens with one attached hydrogen (secondary N) is 1. The van der Waals surface area contributed by atoms with E-state index >= 15 is 0 Å². The molecule has 0 saturated carbocycles. The molecular weight excluding hydrogens is 418 g/mol. The molecule has 164 valence electrons. The van der Waals surface area contributed by atoms with E-state index < -0.39 is 10.0 Å². The van der Waals surface area contributed by atoms with Crippen LogP contribution in [-0.2, 0) is 29.3 Å². The van der Waals surface area contributed by atoms with Crippen LogP contribution in [0.15, 0.2) is 23.1 Å². The van der Waals surface area contributed by atoms with Crippen LogP contribution in [0.4, 0.5) is 0 Å². The Labute approximate surface area is 183 Å². The second-order valence-corrected chi connectivity index (χ2v) is 10.7. The predicted octanol–water partition coefficient (Wildman–Crippen LogP) is 3.72. The molecule has 1 N–H and O–H groups in total. The standard InChI is InChI=1S/C22H31N3O3S2/c1-4-25(5-2)30(27,28)20-15-17(13-12-16(20)3)22(26)23-14-8-11-21-24-18-9-6-7-10-19(18)29-21/h12-13,15H,4-11,14H2,1-3H3,(H,23,26). The molecule has 0 fully saturated rings. The van der Waals surface area contributed by atoms with Gasteiger partial charge in [0, 0.05) is 36.5 Å². The van der Waals surface area contributed by atoms with E-state index in [9.17, 15) is 13.2 Å². The van der Waals surface area contributed by atoms with Gasteiger partial charge in [0.15, 0.2) is 0 Å². The number of aryl methyl sites for hydroxylation is 4. The molecule has 0 unspecified atom stereocenters. The molecule has 0 saturated heterocycles. The molecule has 0 bridgehead atoms. The van der Waals surface area contributed by atoms with E-state index in [1.165, 1.54) is 33.8 Å². The van der Waals surface area contributed by atoms with E-state index in [1.807, 2.05) is 25.2 Å². The third-order valence-corrected chi connectivity index (χ3v) is 8.93. The predicted molar refractivity (Wildman–Crippen MR) is 121 cm³/mol. The van der Waals surface area contributed by atoms with E-state index in [0.29, 0.717) is 30.8 Å². The lowest BCUT2D eigenvalue weighted by molar-refractivity contribution is 0.0953. The first-order valence-corrected chi connectivity index (χ1v) is 13.0. The third kappa shape index (κ3) is 5.10. The summed E-state index contributed by atoms with van der Waals surface area (Å²) in [5.74, 6) is -0.246. The number of benzene rings is 1. The smallest absolute Gasteiger partial charge is 0.251 e. The summed E-state index contributed by atoms with van der Waals surface area (Å²) in [5, 5.41) is 4.07. The number of thiazole rings is 1. The third-order valence-electron chi connectivity index (χ3n) is 5.52. The largest absolute Gasteiger partial charge is 0.352 e. The first-order chi connectivity index (χ1) is 14.4. The van der Waals surface area contributed by atoms with Gasteiger partial charge in [-0.1, -0.05) is 19.9 Å². The lowest BCUT2D eigenvalue weighted by Crippen LogP contribution is -2.31. The highest BCUT2D eigenvalue weighted by atomic mass is 32.2. The van der Waals surface area contributed by atoms with Crippen molar-refractivity contribution in [3.63, 3.8) is 0 Å². The van der Waals surface area contributed by atoms with Crippen LogP contribution >= 0.6 is 11.3 Å². The zero-order chi connectivity index (χ0) is 21.7. The van der Waals surface area contributed by atoms with Gasteiger partial charge < -0.3 is 5.32 Å². The molecule has 1 aromatic carbocycles. The van der Waals surface area contributed by atoms with Gasteiger partial charge in [-0.2, -0.15) is 4.31 Å². The number of fused-ring (bicyclic) bond motifs is 1. The van der Waals surface area contributed by atoms with Gasteiger partial charge in [-0.3, -0.25) is 4.79 Å². The minimum atomic E-state index is -3.60. The van der Waals surface area contributed by atoms with E-state index in [1.54, 1.807) is 19.1 Å². The van der Waals surface area contributed by atoms with Crippen molar-refractivity contribution in [1.29, 1.82) is 0 Å². The van der Waals surface area contributed by atoms with Crippen molar-refractivity contribution in [3.8, 4) is 0 Å². The van der Waals surface area contributed by atoms with Gasteiger partial charge in [0.25, 0.3) is 5.91 Å². The molecule has 0 aliphatic heterocycles. The van der Waals surface area contributed by atoms with Crippen LogP contribution in [-0.4, -0.2) is 43.2 Å². The number of aromatic nitrogens is 1. The number of hydrogen-bond donors (Lipinski definition) is 1. The summed E-state index contributed by atoms with van der Waals surface area (Å²) in [7, 11) is -3.60. The summed E-state index contributed by atoms with van der Waals surface area (Å²) < 4.78 is 27.2. The normalized spacial score (nSPS) is 14.0. The number of carbonyl (C=O) groups is 1. The van der Waals surface area contributed by atoms with Crippen LogP contribution in [0, 0.1) is 6.92 Å². The van der Waals surface area contributed by atoms with Crippen LogP contribution in [0.2, 0.25) is 0 Å². The van der Waals surface area contributed by atoms with E-state index in [-0.39, 0.29) is 10.8 Å². The van der Waals surface area contributed by atoms with Crippen molar-refractivity contribution >= 4 is 27.3 Å². The number of rotatable bonds is 9. The van der Waals surface area contributed by atoms with Gasteiger partial charge in [0.05, 0.1) is 15.6 Å². The lowest BCUT2D eigenvalue weighted by Gasteiger charge is -2.20. The quantitative estimate of drug-likeness (QED) is 0.592. The summed E-state index contributed by atoms with van der Waals surface area (Å²) in [6.07, 6.45) is 6.40. The first-order valence-electron chi connectivity index (χ1n) is 10.7. The van der Waals surface area contributed by atoms with Crippen LogP contribution in [0.5, 0.6) is 0 Å². The maximum absolute atomic E-state index is 12.9. The molecule has 1 aromatic heterocycles. The average molecular weight is 450 g/mol. The van der Waals surface area contributed by atoms with Crippen molar-refractivity contribution in [1.82, 2.24) is 14.6 Å². The van der Waals surface area contributed by atoms with Crippen molar-refractivity contribution in [2.24, 2.45) is 0 Å². The maximum Gasteiger partial charge on any atom is 0.251 e. The fourth-order valence-corrected chi connectivity index (χ4v) is 6.69. The number of nitrogens with zero attached hydrogens (tertiary/aromatic N) is 2. The molecule has 0 atom stereocenters. The minimum Gasteiger partial charge on any atom is -0.352 e. The van der Waals surface area contributed by atoms with Crippen LogP contribution in [0.25, 0.3) is 0 Å². The zero-order valence-electron chi connectivity index (χ0n) is 18.0. The monoisotopic (exact) mass is 449 g/mol. The van der Waals surface area contributed by atoms with Gasteiger partial charge in [0.1, 0.15) is 0 Å². The Balaban J connectivity index is 1.59. The second-order valence-electron chi connectivity index (χ2n) is 7.61. The molecule has 8 heteroatoms. The first kappa shape index (κ1) is 22.9. The van der Waals surface area contributed by atoms with Crippen molar-refractivity contribution in [2.75, 3.05) is 19.6 Å². The SMILES string of the molecule is CCN(CC)S(=O)(=O)c1cc(C(=O)NCCCc2nc3c(s2)CCCC3)ccc1C. The molecule has 0 radical (unpaired) electrons. The van der Waals surface area contributed by atoms with Crippen molar-refractivity contribution in [2.45, 2.75) is 64.2 Å². The highest BCUT2D eigenvalue weighted by molar-refractivity contribution is 7.89. The number of amides is 1. The zero-order valence-corrected chi connectivity index (χ0v) is 19.7. The van der Waals surface area contributed by atoms with Crippen molar-refractivity contribution < 1.29 is 13.2 Å². The highest BCUT2D eigenvalue weighted by Crippen LogP contribution is 2.27. The molecule has 3 rings (SSSR count). The average Bonchev–Trinajstić information content (AvgIpc) is 3.14. The maximum atomic E-state index is 12.9. The van der Waals surface area contributed by atoms with E-state index in [2.05, 4.69) is 5.32 Å². The van der Waals surface area contributed by atoms with Crippen LogP contribution in [0.3, 0.4) is 0 Å². The van der Waals surface area contributed by atoms with Crippen molar-refractivity contribution in [3.05, 3.63) is 44.9 Å². The van der Waals surface area contributed by atoms with E-state index in [4.69, 9.17) is 4.98 Å². The second kappa shape index (κ2) is 10.0. The molecule has 1 aliphatic carbocycles. The lowest BCUT2D eigenvalue weighted by atomic mass is 10.0. The summed E-state index contributed by atoms with van der Waals surface area (Å²) in [4.78, 5) is 19.0. The molecule has 6 nitrogen and oxygen atoms in total. The van der Waals surface area contributed by atoms with Gasteiger partial charge in [-0.15, -0.1) is 11.3 Å². The Hall–Kier alpha value is -1.77. The van der Waals surface area contributed by atoms with Gasteiger partial charge in [-0.25, -0.2) is 13.4 Å². The number of carbonyl (C=O) groups excluding carboxylic acids is 1. The molecule has 1 aliphatic rings. The summed E-state index contributed by atoms with van der Waals surface area (Å²) in [5.41, 5.74) is 2.29. The Kier molecular flexibility index (Phi) is 7.65. The molecule has 30 heavy (non-hydrogen) atoms. The molecule has 1 amide bonds. The van der Waals surface area contributed by atoms with Gasteiger partial charge >= 0.3 is 0 Å².